The molecule has 2 amide bonds. The fourth-order valence-corrected chi connectivity index (χ4v) is 5.69. The molecule has 1 aliphatic rings. The van der Waals surface area contributed by atoms with Gasteiger partial charge in [-0.1, -0.05) is 55.5 Å². The van der Waals surface area contributed by atoms with Gasteiger partial charge in [0.2, 0.25) is 0 Å². The number of pyridine rings is 1. The number of hydrogen-bond acceptors (Lipinski definition) is 5. The third-order valence-corrected chi connectivity index (χ3v) is 8.22. The van der Waals surface area contributed by atoms with Crippen LogP contribution in [0.4, 0.5) is 10.5 Å². The number of nitrogens with zero attached hydrogens (tertiary/aromatic N) is 4. The Morgan fingerprint density at radius 2 is 1.77 bits per heavy atom. The number of anilines is 1. The molecule has 5 aromatic rings. The lowest BCUT2D eigenvalue weighted by Crippen LogP contribution is -2.39. The van der Waals surface area contributed by atoms with E-state index in [1.807, 2.05) is 65.6 Å². The fraction of sp³-hybridized carbons (Fsp3) is 0.243. The molecule has 0 atom stereocenters. The first-order valence-corrected chi connectivity index (χ1v) is 15.1. The zero-order valence-electron chi connectivity index (χ0n) is 25.6. The molecule has 222 valence electrons. The molecule has 6 rings (SSSR count). The molecule has 0 fully saturated rings. The van der Waals surface area contributed by atoms with Crippen molar-refractivity contribution in [2.75, 3.05) is 11.9 Å². The van der Waals surface area contributed by atoms with Gasteiger partial charge in [-0.25, -0.2) is 14.8 Å². The standard InChI is InChI=1S/C37H37N5O2/c1-5-25-18-28(26-11-8-13-29(20-26)37(3,4)44)21-30(19-25)39-36(43)42-17-15-33-32(23-42)34(31-14-7-6-10-24(31)2)41-35(40-33)27-12-9-16-38-22-27/h6-14,16,18-22,44H,5,15,17,23H2,1-4H3,(H,39,43). The Morgan fingerprint density at radius 1 is 0.955 bits per heavy atom. The number of aromatic nitrogens is 3. The van der Waals surface area contributed by atoms with Crippen LogP contribution in [-0.4, -0.2) is 37.5 Å². The van der Waals surface area contributed by atoms with Gasteiger partial charge in [0.05, 0.1) is 23.5 Å². The molecule has 3 aromatic carbocycles. The summed E-state index contributed by atoms with van der Waals surface area (Å²) in [6.07, 6.45) is 4.98. The molecule has 0 aliphatic carbocycles. The number of rotatable bonds is 6. The van der Waals surface area contributed by atoms with E-state index in [4.69, 9.17) is 9.97 Å². The van der Waals surface area contributed by atoms with E-state index in [0.717, 1.165) is 68.0 Å². The van der Waals surface area contributed by atoms with Gasteiger partial charge in [0, 0.05) is 47.7 Å². The maximum Gasteiger partial charge on any atom is 0.322 e. The molecule has 44 heavy (non-hydrogen) atoms. The Balaban J connectivity index is 1.31. The van der Waals surface area contributed by atoms with Gasteiger partial charge in [-0.2, -0.15) is 0 Å². The van der Waals surface area contributed by atoms with Crippen LogP contribution in [0.5, 0.6) is 0 Å². The summed E-state index contributed by atoms with van der Waals surface area (Å²) in [7, 11) is 0. The number of aryl methyl sites for hydroxylation is 2. The lowest BCUT2D eigenvalue weighted by atomic mass is 9.93. The van der Waals surface area contributed by atoms with E-state index < -0.39 is 5.60 Å². The first-order valence-electron chi connectivity index (χ1n) is 15.1. The van der Waals surface area contributed by atoms with Crippen LogP contribution in [0, 0.1) is 6.92 Å². The number of carbonyl (C=O) groups is 1. The third kappa shape index (κ3) is 6.10. The highest BCUT2D eigenvalue weighted by Gasteiger charge is 2.27. The highest BCUT2D eigenvalue weighted by molar-refractivity contribution is 5.91. The van der Waals surface area contributed by atoms with Gasteiger partial charge in [-0.3, -0.25) is 4.98 Å². The average Bonchev–Trinajstić information content (AvgIpc) is 3.04. The number of aliphatic hydroxyl groups is 1. The minimum Gasteiger partial charge on any atom is -0.386 e. The predicted octanol–water partition coefficient (Wildman–Crippen LogP) is 7.56. The highest BCUT2D eigenvalue weighted by atomic mass is 16.3. The van der Waals surface area contributed by atoms with Gasteiger partial charge in [-0.05, 0) is 85.3 Å². The average molecular weight is 584 g/mol. The van der Waals surface area contributed by atoms with E-state index in [-0.39, 0.29) is 6.03 Å². The van der Waals surface area contributed by atoms with Crippen LogP contribution in [0.15, 0.2) is 91.3 Å². The van der Waals surface area contributed by atoms with Crippen LogP contribution >= 0.6 is 0 Å². The molecular weight excluding hydrogens is 546 g/mol. The van der Waals surface area contributed by atoms with Crippen molar-refractivity contribution >= 4 is 11.7 Å². The van der Waals surface area contributed by atoms with Gasteiger partial charge in [-0.15, -0.1) is 0 Å². The number of hydrogen-bond donors (Lipinski definition) is 2. The molecule has 2 N–H and O–H groups in total. The van der Waals surface area contributed by atoms with Gasteiger partial charge in [0.1, 0.15) is 0 Å². The zero-order chi connectivity index (χ0) is 30.8. The second kappa shape index (κ2) is 12.0. The molecule has 7 nitrogen and oxygen atoms in total. The van der Waals surface area contributed by atoms with Crippen LogP contribution in [0.3, 0.4) is 0 Å². The molecule has 0 bridgehead atoms. The Morgan fingerprint density at radius 3 is 2.52 bits per heavy atom. The zero-order valence-corrected chi connectivity index (χ0v) is 25.6. The number of amides is 2. The van der Waals surface area contributed by atoms with Crippen LogP contribution in [0.1, 0.15) is 48.7 Å². The molecule has 0 radical (unpaired) electrons. The highest BCUT2D eigenvalue weighted by Crippen LogP contribution is 2.33. The number of fused-ring (bicyclic) bond motifs is 1. The van der Waals surface area contributed by atoms with Gasteiger partial charge < -0.3 is 15.3 Å². The maximum absolute atomic E-state index is 13.7. The van der Waals surface area contributed by atoms with Crippen molar-refractivity contribution in [3.05, 3.63) is 119 Å². The Kier molecular flexibility index (Phi) is 7.97. The van der Waals surface area contributed by atoms with Crippen molar-refractivity contribution in [3.8, 4) is 33.8 Å². The van der Waals surface area contributed by atoms with Crippen molar-refractivity contribution in [1.29, 1.82) is 0 Å². The van der Waals surface area contributed by atoms with Crippen molar-refractivity contribution < 1.29 is 9.90 Å². The summed E-state index contributed by atoms with van der Waals surface area (Å²) in [6, 6.07) is 26.0. The molecule has 0 spiro atoms. The summed E-state index contributed by atoms with van der Waals surface area (Å²) >= 11 is 0. The summed E-state index contributed by atoms with van der Waals surface area (Å²) in [4.78, 5) is 29.8. The normalized spacial score (nSPS) is 13.0. The van der Waals surface area contributed by atoms with E-state index >= 15 is 0 Å². The minimum absolute atomic E-state index is 0.160. The van der Waals surface area contributed by atoms with Crippen molar-refractivity contribution in [3.63, 3.8) is 0 Å². The van der Waals surface area contributed by atoms with E-state index in [0.29, 0.717) is 25.3 Å². The number of benzene rings is 3. The second-order valence-electron chi connectivity index (χ2n) is 11.9. The van der Waals surface area contributed by atoms with Gasteiger partial charge in [0.15, 0.2) is 5.82 Å². The number of nitrogens with one attached hydrogen (secondary N) is 1. The smallest absolute Gasteiger partial charge is 0.322 e. The Bertz CT molecular complexity index is 1830. The monoisotopic (exact) mass is 583 g/mol. The van der Waals surface area contributed by atoms with E-state index in [1.165, 1.54) is 0 Å². The fourth-order valence-electron chi connectivity index (χ4n) is 5.69. The number of carbonyl (C=O) groups excluding carboxylic acids is 1. The molecule has 1 aliphatic heterocycles. The lowest BCUT2D eigenvalue weighted by Gasteiger charge is -2.30. The molecule has 0 unspecified atom stereocenters. The summed E-state index contributed by atoms with van der Waals surface area (Å²) in [5.41, 5.74) is 9.54. The third-order valence-electron chi connectivity index (χ3n) is 8.22. The van der Waals surface area contributed by atoms with Gasteiger partial charge >= 0.3 is 6.03 Å². The summed E-state index contributed by atoms with van der Waals surface area (Å²) in [6.45, 7) is 8.71. The largest absolute Gasteiger partial charge is 0.386 e. The molecule has 7 heteroatoms. The number of urea groups is 1. The van der Waals surface area contributed by atoms with E-state index in [1.54, 1.807) is 26.2 Å². The lowest BCUT2D eigenvalue weighted by molar-refractivity contribution is 0.0786. The SMILES string of the molecule is CCc1cc(NC(=O)N2CCc3nc(-c4cccnc4)nc(-c4ccccc4C)c3C2)cc(-c2cccc(C(C)(C)O)c2)c1. The van der Waals surface area contributed by atoms with Crippen molar-refractivity contribution in [2.45, 2.75) is 52.7 Å². The van der Waals surface area contributed by atoms with Crippen LogP contribution < -0.4 is 5.32 Å². The molecular formula is C37H37N5O2. The van der Waals surface area contributed by atoms with Crippen molar-refractivity contribution in [2.24, 2.45) is 0 Å². The first-order chi connectivity index (χ1) is 21.2. The van der Waals surface area contributed by atoms with E-state index in [2.05, 4.69) is 42.3 Å². The predicted molar refractivity (Wildman–Crippen MR) is 175 cm³/mol. The molecule has 3 heterocycles. The summed E-state index contributed by atoms with van der Waals surface area (Å²) in [5.74, 6) is 0.644. The topological polar surface area (TPSA) is 91.2 Å². The summed E-state index contributed by atoms with van der Waals surface area (Å²) in [5, 5.41) is 13.7. The van der Waals surface area contributed by atoms with Crippen LogP contribution in [0.25, 0.3) is 33.8 Å². The maximum atomic E-state index is 13.7. The molecule has 0 saturated heterocycles. The summed E-state index contributed by atoms with van der Waals surface area (Å²) < 4.78 is 0. The Hall–Kier alpha value is -4.88. The second-order valence-corrected chi connectivity index (χ2v) is 11.9. The minimum atomic E-state index is -0.945. The van der Waals surface area contributed by atoms with Gasteiger partial charge in [0.25, 0.3) is 0 Å². The first kappa shape index (κ1) is 29.2. The Labute approximate surface area is 258 Å². The molecule has 2 aromatic heterocycles. The van der Waals surface area contributed by atoms with Crippen LogP contribution in [-0.2, 0) is 25.0 Å². The molecule has 0 saturated carbocycles. The van der Waals surface area contributed by atoms with Crippen LogP contribution in [0.2, 0.25) is 0 Å². The van der Waals surface area contributed by atoms with Crippen molar-refractivity contribution in [1.82, 2.24) is 19.9 Å². The quantitative estimate of drug-likeness (QED) is 0.215. The van der Waals surface area contributed by atoms with E-state index in [9.17, 15) is 9.90 Å².